The zero-order valence-corrected chi connectivity index (χ0v) is 17.5. The van der Waals surface area contributed by atoms with Crippen molar-refractivity contribution in [3.05, 3.63) is 59.7 Å². The number of nitriles is 1. The first-order chi connectivity index (χ1) is 13.8. The summed E-state index contributed by atoms with van der Waals surface area (Å²) < 4.78 is 28.9. The summed E-state index contributed by atoms with van der Waals surface area (Å²) in [4.78, 5) is 2.52. The highest BCUT2D eigenvalue weighted by Gasteiger charge is 2.31. The largest absolute Gasteiger partial charge is 0.493 e. The average Bonchev–Trinajstić information content (AvgIpc) is 3.05. The maximum absolute atomic E-state index is 11.5. The maximum Gasteiger partial charge on any atom is 0.175 e. The fourth-order valence-corrected chi connectivity index (χ4v) is 4.36. The van der Waals surface area contributed by atoms with Crippen LogP contribution in [0.4, 0.5) is 0 Å². The minimum absolute atomic E-state index is 0.278. The fraction of sp³-hybridized carbons (Fsp3) is 0.409. The molecule has 6 nitrogen and oxygen atoms in total. The molecule has 0 bridgehead atoms. The fourth-order valence-electron chi connectivity index (χ4n) is 3.73. The Morgan fingerprint density at radius 2 is 2.00 bits per heavy atom. The molecule has 0 saturated carbocycles. The van der Waals surface area contributed by atoms with E-state index < -0.39 is 15.9 Å². The number of aliphatic hydroxyl groups excluding tert-OH is 1. The Morgan fingerprint density at radius 3 is 2.66 bits per heavy atom. The molecule has 1 saturated heterocycles. The Hall–Kier alpha value is -2.40. The van der Waals surface area contributed by atoms with Gasteiger partial charge in [-0.15, -0.1) is 0 Å². The molecule has 0 amide bonds. The van der Waals surface area contributed by atoms with Crippen molar-refractivity contribution in [2.45, 2.75) is 30.4 Å². The van der Waals surface area contributed by atoms with Crippen molar-refractivity contribution in [3.8, 4) is 11.8 Å². The van der Waals surface area contributed by atoms with Crippen LogP contribution in [-0.2, 0) is 9.84 Å². The van der Waals surface area contributed by atoms with E-state index in [0.29, 0.717) is 36.4 Å². The quantitative estimate of drug-likeness (QED) is 0.749. The van der Waals surface area contributed by atoms with Crippen molar-refractivity contribution >= 4 is 9.84 Å². The van der Waals surface area contributed by atoms with Gasteiger partial charge in [-0.2, -0.15) is 5.26 Å². The Morgan fingerprint density at radius 1 is 1.28 bits per heavy atom. The highest BCUT2D eigenvalue weighted by atomic mass is 32.2. The number of hydrogen-bond acceptors (Lipinski definition) is 6. The SMILES string of the molecule is C[C@@H]1C[C@H](COc2ccc(S(C)(=O)=O)cc2)CN1C[C@@H](O)c1cccc(C#N)c1. The number of sulfone groups is 1. The number of nitrogens with zero attached hydrogens (tertiary/aromatic N) is 2. The van der Waals surface area contributed by atoms with Crippen LogP contribution in [0, 0.1) is 17.2 Å². The molecule has 0 aliphatic carbocycles. The summed E-state index contributed by atoms with van der Waals surface area (Å²) in [7, 11) is -3.21. The van der Waals surface area contributed by atoms with E-state index in [4.69, 9.17) is 10.00 Å². The van der Waals surface area contributed by atoms with Crippen molar-refractivity contribution in [1.29, 1.82) is 5.26 Å². The average molecular weight is 415 g/mol. The van der Waals surface area contributed by atoms with E-state index in [1.807, 2.05) is 6.07 Å². The van der Waals surface area contributed by atoms with E-state index in [-0.39, 0.29) is 4.90 Å². The van der Waals surface area contributed by atoms with Gasteiger partial charge in [0.25, 0.3) is 0 Å². The van der Waals surface area contributed by atoms with Gasteiger partial charge in [-0.05, 0) is 55.3 Å². The highest BCUT2D eigenvalue weighted by molar-refractivity contribution is 7.90. The topological polar surface area (TPSA) is 90.6 Å². The van der Waals surface area contributed by atoms with Crippen LogP contribution in [0.15, 0.2) is 53.4 Å². The zero-order valence-electron chi connectivity index (χ0n) is 16.7. The van der Waals surface area contributed by atoms with Crippen molar-refractivity contribution in [2.24, 2.45) is 5.92 Å². The standard InChI is InChI=1S/C22H26N2O4S/c1-16-10-18(15-28-20-6-8-21(9-7-20)29(2,26)27)13-24(16)14-22(25)19-5-3-4-17(11-19)12-23/h3-9,11,16,18,22,25H,10,13-15H2,1-2H3/t16-,18+,22-/m1/s1. The second-order valence-electron chi connectivity index (χ2n) is 7.71. The van der Waals surface area contributed by atoms with Crippen LogP contribution in [0.3, 0.4) is 0 Å². The molecule has 154 valence electrons. The smallest absolute Gasteiger partial charge is 0.175 e. The highest BCUT2D eigenvalue weighted by Crippen LogP contribution is 2.27. The zero-order chi connectivity index (χ0) is 21.0. The number of rotatable bonds is 7. The predicted octanol–water partition coefficient (Wildman–Crippen LogP) is 2.78. The molecule has 0 aromatic heterocycles. The lowest BCUT2D eigenvalue weighted by Crippen LogP contribution is -2.32. The normalized spacial score (nSPS) is 20.9. The summed E-state index contributed by atoms with van der Waals surface area (Å²) in [6, 6.07) is 16.0. The van der Waals surface area contributed by atoms with Gasteiger partial charge < -0.3 is 9.84 Å². The lowest BCUT2D eigenvalue weighted by Gasteiger charge is -2.24. The van der Waals surface area contributed by atoms with Gasteiger partial charge in [-0.25, -0.2) is 8.42 Å². The first-order valence-electron chi connectivity index (χ1n) is 9.61. The van der Waals surface area contributed by atoms with Crippen LogP contribution in [0.1, 0.15) is 30.6 Å². The van der Waals surface area contributed by atoms with Gasteiger partial charge >= 0.3 is 0 Å². The van der Waals surface area contributed by atoms with Gasteiger partial charge in [0.1, 0.15) is 5.75 Å². The van der Waals surface area contributed by atoms with Crippen LogP contribution >= 0.6 is 0 Å². The molecule has 1 aliphatic heterocycles. The molecule has 0 spiro atoms. The van der Waals surface area contributed by atoms with Gasteiger partial charge in [-0.1, -0.05) is 12.1 Å². The molecule has 2 aromatic carbocycles. The molecule has 0 unspecified atom stereocenters. The summed E-state index contributed by atoms with van der Waals surface area (Å²) in [6.45, 7) is 4.01. The summed E-state index contributed by atoms with van der Waals surface area (Å²) in [5.41, 5.74) is 1.30. The van der Waals surface area contributed by atoms with Crippen LogP contribution in [0.5, 0.6) is 5.75 Å². The van der Waals surface area contributed by atoms with E-state index in [1.165, 1.54) is 6.26 Å². The van der Waals surface area contributed by atoms with Gasteiger partial charge in [0.05, 0.1) is 29.2 Å². The number of β-amino-alcohol motifs (C(OH)–C–C–N with tert-alkyl or cyclic N) is 1. The van der Waals surface area contributed by atoms with E-state index in [9.17, 15) is 13.5 Å². The molecule has 3 atom stereocenters. The molecule has 3 rings (SSSR count). The second kappa shape index (κ2) is 8.95. The van der Waals surface area contributed by atoms with E-state index in [0.717, 1.165) is 18.5 Å². The molecule has 0 radical (unpaired) electrons. The summed E-state index contributed by atoms with van der Waals surface area (Å²) in [6.07, 6.45) is 1.50. The lowest BCUT2D eigenvalue weighted by molar-refractivity contribution is 0.107. The number of ether oxygens (including phenoxy) is 1. The van der Waals surface area contributed by atoms with Crippen molar-refractivity contribution in [3.63, 3.8) is 0 Å². The Kier molecular flexibility index (Phi) is 6.58. The van der Waals surface area contributed by atoms with Crippen LogP contribution in [-0.4, -0.2) is 50.4 Å². The summed E-state index contributed by atoms with van der Waals surface area (Å²) >= 11 is 0. The maximum atomic E-state index is 11.5. The number of hydrogen-bond donors (Lipinski definition) is 1. The predicted molar refractivity (Wildman–Crippen MR) is 110 cm³/mol. The molecule has 1 fully saturated rings. The molecule has 7 heteroatoms. The number of likely N-dealkylation sites (tertiary alicyclic amines) is 1. The molecular formula is C22H26N2O4S. The molecule has 1 aliphatic rings. The van der Waals surface area contributed by atoms with Gasteiger partial charge in [0.15, 0.2) is 9.84 Å². The van der Waals surface area contributed by atoms with Crippen LogP contribution < -0.4 is 4.74 Å². The molecule has 29 heavy (non-hydrogen) atoms. The van der Waals surface area contributed by atoms with Crippen LogP contribution in [0.2, 0.25) is 0 Å². The minimum atomic E-state index is -3.21. The lowest BCUT2D eigenvalue weighted by atomic mass is 10.1. The molecular weight excluding hydrogens is 388 g/mol. The monoisotopic (exact) mass is 414 g/mol. The van der Waals surface area contributed by atoms with E-state index in [2.05, 4.69) is 17.9 Å². The van der Waals surface area contributed by atoms with E-state index in [1.54, 1.807) is 42.5 Å². The second-order valence-corrected chi connectivity index (χ2v) is 9.73. The van der Waals surface area contributed by atoms with Gasteiger partial charge in [0.2, 0.25) is 0 Å². The third-order valence-electron chi connectivity index (χ3n) is 5.34. The number of aliphatic hydroxyl groups is 1. The molecule has 2 aromatic rings. The Labute approximate surface area is 172 Å². The number of benzene rings is 2. The van der Waals surface area contributed by atoms with Crippen molar-refractivity contribution in [2.75, 3.05) is 26.0 Å². The third-order valence-corrected chi connectivity index (χ3v) is 6.46. The third kappa shape index (κ3) is 5.57. The minimum Gasteiger partial charge on any atom is -0.493 e. The van der Waals surface area contributed by atoms with Crippen molar-refractivity contribution in [1.82, 2.24) is 4.90 Å². The summed E-state index contributed by atoms with van der Waals surface area (Å²) in [5.74, 6) is 0.981. The van der Waals surface area contributed by atoms with Crippen molar-refractivity contribution < 1.29 is 18.3 Å². The molecule has 1 heterocycles. The summed E-state index contributed by atoms with van der Waals surface area (Å²) in [5, 5.41) is 19.6. The van der Waals surface area contributed by atoms with Gasteiger partial charge in [-0.3, -0.25) is 4.90 Å². The molecule has 1 N–H and O–H groups in total. The first kappa shape index (κ1) is 21.3. The Balaban J connectivity index is 1.53. The van der Waals surface area contributed by atoms with Crippen LogP contribution in [0.25, 0.3) is 0 Å². The Bertz CT molecular complexity index is 983. The first-order valence-corrected chi connectivity index (χ1v) is 11.5. The van der Waals surface area contributed by atoms with E-state index >= 15 is 0 Å². The van der Waals surface area contributed by atoms with Gasteiger partial charge in [0, 0.05) is 31.3 Å².